The molecule has 0 radical (unpaired) electrons. The Morgan fingerprint density at radius 1 is 1.18 bits per heavy atom. The summed E-state index contributed by atoms with van der Waals surface area (Å²) in [6, 6.07) is 15.9. The standard InChI is InChI=1S/C19H19NO2/c1-14(21)18(15-6-4-3-5-7-15)13-20-11-10-16-12-17(22-2)8-9-19(16)20/h3-9,12-13H,10-11H2,1-2H3/b18-13+. The van der Waals surface area contributed by atoms with Gasteiger partial charge < -0.3 is 9.64 Å². The lowest BCUT2D eigenvalue weighted by Crippen LogP contribution is -2.14. The number of anilines is 1. The maximum atomic E-state index is 12.0. The summed E-state index contributed by atoms with van der Waals surface area (Å²) in [5.74, 6) is 0.951. The summed E-state index contributed by atoms with van der Waals surface area (Å²) in [5.41, 5.74) is 4.10. The predicted molar refractivity (Wildman–Crippen MR) is 89.1 cm³/mol. The zero-order valence-electron chi connectivity index (χ0n) is 12.9. The van der Waals surface area contributed by atoms with Crippen LogP contribution in [0.2, 0.25) is 0 Å². The van der Waals surface area contributed by atoms with Gasteiger partial charge in [0, 0.05) is 24.0 Å². The van der Waals surface area contributed by atoms with Crippen molar-refractivity contribution in [3.05, 3.63) is 65.9 Å². The van der Waals surface area contributed by atoms with E-state index >= 15 is 0 Å². The Bertz CT molecular complexity index is 719. The summed E-state index contributed by atoms with van der Waals surface area (Å²) < 4.78 is 5.28. The number of ether oxygens (including phenoxy) is 1. The molecule has 3 nitrogen and oxygen atoms in total. The average molecular weight is 293 g/mol. The second-order valence-corrected chi connectivity index (χ2v) is 5.40. The number of methoxy groups -OCH3 is 1. The molecule has 0 saturated heterocycles. The fraction of sp³-hybridized carbons (Fsp3) is 0.211. The second-order valence-electron chi connectivity index (χ2n) is 5.40. The van der Waals surface area contributed by atoms with E-state index in [9.17, 15) is 4.79 Å². The molecule has 3 heteroatoms. The fourth-order valence-corrected chi connectivity index (χ4v) is 2.81. The number of nitrogens with zero attached hydrogens (tertiary/aromatic N) is 1. The SMILES string of the molecule is COc1ccc2c(c1)CCN2/C=C(\C(C)=O)c1ccccc1. The third-order valence-electron chi connectivity index (χ3n) is 3.97. The van der Waals surface area contributed by atoms with Crippen LogP contribution in [0.3, 0.4) is 0 Å². The molecule has 0 N–H and O–H groups in total. The number of hydrogen-bond acceptors (Lipinski definition) is 3. The zero-order chi connectivity index (χ0) is 15.5. The number of benzene rings is 2. The van der Waals surface area contributed by atoms with Crippen molar-refractivity contribution in [2.45, 2.75) is 13.3 Å². The molecule has 0 atom stereocenters. The van der Waals surface area contributed by atoms with Crippen LogP contribution in [0.15, 0.2) is 54.7 Å². The molecule has 1 aliphatic rings. The van der Waals surface area contributed by atoms with E-state index in [-0.39, 0.29) is 5.78 Å². The molecule has 0 unspecified atom stereocenters. The molecular formula is C19H19NO2. The number of fused-ring (bicyclic) bond motifs is 1. The Balaban J connectivity index is 1.97. The van der Waals surface area contributed by atoms with Gasteiger partial charge in [-0.1, -0.05) is 30.3 Å². The molecule has 1 heterocycles. The van der Waals surface area contributed by atoms with Crippen LogP contribution >= 0.6 is 0 Å². The summed E-state index contributed by atoms with van der Waals surface area (Å²) in [6.07, 6.45) is 2.93. The number of Topliss-reactive ketones (excluding diaryl/α,β-unsaturated/α-hetero) is 1. The van der Waals surface area contributed by atoms with E-state index in [2.05, 4.69) is 17.0 Å². The number of carbonyl (C=O) groups excluding carboxylic acids is 1. The molecule has 112 valence electrons. The highest BCUT2D eigenvalue weighted by atomic mass is 16.5. The molecule has 0 amide bonds. The van der Waals surface area contributed by atoms with Gasteiger partial charge in [-0.3, -0.25) is 4.79 Å². The molecule has 2 aromatic rings. The van der Waals surface area contributed by atoms with Gasteiger partial charge in [0.2, 0.25) is 0 Å². The topological polar surface area (TPSA) is 29.5 Å². The Morgan fingerprint density at radius 3 is 2.64 bits per heavy atom. The van der Waals surface area contributed by atoms with Crippen molar-refractivity contribution in [1.82, 2.24) is 0 Å². The zero-order valence-corrected chi connectivity index (χ0v) is 12.9. The molecule has 0 bridgehead atoms. The Kier molecular flexibility index (Phi) is 3.96. The molecule has 0 aromatic heterocycles. The van der Waals surface area contributed by atoms with Gasteiger partial charge in [0.1, 0.15) is 5.75 Å². The first-order valence-corrected chi connectivity index (χ1v) is 7.41. The van der Waals surface area contributed by atoms with Gasteiger partial charge >= 0.3 is 0 Å². The summed E-state index contributed by atoms with van der Waals surface area (Å²) >= 11 is 0. The third kappa shape index (κ3) is 2.75. The molecule has 1 aliphatic heterocycles. The minimum atomic E-state index is 0.0770. The highest BCUT2D eigenvalue weighted by Crippen LogP contribution is 2.32. The largest absolute Gasteiger partial charge is 0.497 e. The number of ketones is 1. The molecule has 0 fully saturated rings. The number of hydrogen-bond donors (Lipinski definition) is 0. The van der Waals surface area contributed by atoms with Crippen LogP contribution in [0.5, 0.6) is 5.75 Å². The molecule has 3 rings (SSSR count). The highest BCUT2D eigenvalue weighted by molar-refractivity contribution is 6.19. The molecule has 0 aliphatic carbocycles. The molecule has 22 heavy (non-hydrogen) atoms. The number of carbonyl (C=O) groups is 1. The number of allylic oxidation sites excluding steroid dienone is 1. The van der Waals surface area contributed by atoms with Gasteiger partial charge in [0.05, 0.1) is 7.11 Å². The monoisotopic (exact) mass is 293 g/mol. The summed E-state index contributed by atoms with van der Waals surface area (Å²) in [4.78, 5) is 14.2. The van der Waals surface area contributed by atoms with Crippen LogP contribution in [-0.2, 0) is 11.2 Å². The summed E-state index contributed by atoms with van der Waals surface area (Å²) in [5, 5.41) is 0. The van der Waals surface area contributed by atoms with Crippen LogP contribution in [0.4, 0.5) is 5.69 Å². The Labute approximate surface area is 130 Å². The van der Waals surface area contributed by atoms with Gasteiger partial charge in [-0.25, -0.2) is 0 Å². The quantitative estimate of drug-likeness (QED) is 0.805. The maximum Gasteiger partial charge on any atom is 0.161 e. The Morgan fingerprint density at radius 2 is 1.95 bits per heavy atom. The normalized spacial score (nSPS) is 13.9. The van der Waals surface area contributed by atoms with Gasteiger partial charge in [-0.15, -0.1) is 0 Å². The van der Waals surface area contributed by atoms with Crippen molar-refractivity contribution in [1.29, 1.82) is 0 Å². The predicted octanol–water partition coefficient (Wildman–Crippen LogP) is 3.69. The second kappa shape index (κ2) is 6.06. The Hall–Kier alpha value is -2.55. The molecule has 2 aromatic carbocycles. The van der Waals surface area contributed by atoms with Crippen molar-refractivity contribution in [3.8, 4) is 5.75 Å². The maximum absolute atomic E-state index is 12.0. The summed E-state index contributed by atoms with van der Waals surface area (Å²) in [7, 11) is 1.68. The van der Waals surface area contributed by atoms with E-state index in [1.54, 1.807) is 14.0 Å². The van der Waals surface area contributed by atoms with Crippen molar-refractivity contribution in [2.24, 2.45) is 0 Å². The lowest BCUT2D eigenvalue weighted by molar-refractivity contribution is -0.111. The van der Waals surface area contributed by atoms with Gasteiger partial charge in [-0.2, -0.15) is 0 Å². The molecule has 0 saturated carbocycles. The van der Waals surface area contributed by atoms with Crippen molar-refractivity contribution in [2.75, 3.05) is 18.6 Å². The molecule has 0 spiro atoms. The van der Waals surface area contributed by atoms with Crippen LogP contribution in [0.1, 0.15) is 18.1 Å². The van der Waals surface area contributed by atoms with E-state index in [0.717, 1.165) is 35.5 Å². The molecular weight excluding hydrogens is 274 g/mol. The van der Waals surface area contributed by atoms with Crippen molar-refractivity contribution < 1.29 is 9.53 Å². The minimum Gasteiger partial charge on any atom is -0.497 e. The van der Waals surface area contributed by atoms with Gasteiger partial charge in [0.15, 0.2) is 5.78 Å². The van der Waals surface area contributed by atoms with E-state index in [1.807, 2.05) is 42.6 Å². The van der Waals surface area contributed by atoms with Crippen LogP contribution in [-0.4, -0.2) is 19.4 Å². The smallest absolute Gasteiger partial charge is 0.161 e. The van der Waals surface area contributed by atoms with Crippen LogP contribution < -0.4 is 9.64 Å². The van der Waals surface area contributed by atoms with E-state index < -0.39 is 0 Å². The minimum absolute atomic E-state index is 0.0770. The van der Waals surface area contributed by atoms with E-state index in [4.69, 9.17) is 4.74 Å². The van der Waals surface area contributed by atoms with E-state index in [1.165, 1.54) is 5.56 Å². The van der Waals surface area contributed by atoms with Gasteiger partial charge in [-0.05, 0) is 42.7 Å². The lowest BCUT2D eigenvalue weighted by Gasteiger charge is -2.17. The first kappa shape index (κ1) is 14.4. The first-order valence-electron chi connectivity index (χ1n) is 7.41. The highest BCUT2D eigenvalue weighted by Gasteiger charge is 2.19. The lowest BCUT2D eigenvalue weighted by atomic mass is 10.0. The average Bonchev–Trinajstić information content (AvgIpc) is 2.95. The van der Waals surface area contributed by atoms with Gasteiger partial charge in [0.25, 0.3) is 0 Å². The van der Waals surface area contributed by atoms with Crippen molar-refractivity contribution in [3.63, 3.8) is 0 Å². The van der Waals surface area contributed by atoms with E-state index in [0.29, 0.717) is 0 Å². The summed E-state index contributed by atoms with van der Waals surface area (Å²) in [6.45, 7) is 2.50. The van der Waals surface area contributed by atoms with Crippen LogP contribution in [0.25, 0.3) is 5.57 Å². The number of rotatable bonds is 4. The van der Waals surface area contributed by atoms with Crippen molar-refractivity contribution >= 4 is 17.0 Å². The third-order valence-corrected chi connectivity index (χ3v) is 3.97. The fourth-order valence-electron chi connectivity index (χ4n) is 2.81. The van der Waals surface area contributed by atoms with Crippen LogP contribution in [0, 0.1) is 0 Å². The first-order chi connectivity index (χ1) is 10.7.